The van der Waals surface area contributed by atoms with E-state index in [-0.39, 0.29) is 11.3 Å². The molecule has 0 aliphatic carbocycles. The van der Waals surface area contributed by atoms with E-state index in [1.807, 2.05) is 12.3 Å². The van der Waals surface area contributed by atoms with Gasteiger partial charge in [0.2, 0.25) is 0 Å². The van der Waals surface area contributed by atoms with Gasteiger partial charge in [-0.3, -0.25) is 10.1 Å². The Bertz CT molecular complexity index is 660. The second kappa shape index (κ2) is 5.46. The van der Waals surface area contributed by atoms with Crippen LogP contribution in [0.3, 0.4) is 0 Å². The third-order valence-corrected chi connectivity index (χ3v) is 3.28. The maximum atomic E-state index is 10.8. The van der Waals surface area contributed by atoms with Crippen LogP contribution in [0.4, 0.5) is 11.4 Å². The van der Waals surface area contributed by atoms with E-state index in [0.29, 0.717) is 12.2 Å². The first-order valence-electron chi connectivity index (χ1n) is 5.43. The van der Waals surface area contributed by atoms with E-state index in [9.17, 15) is 10.1 Å². The average Bonchev–Trinajstić information content (AvgIpc) is 2.81. The summed E-state index contributed by atoms with van der Waals surface area (Å²) in [6, 6.07) is 6.24. The quantitative estimate of drug-likeness (QED) is 0.683. The second-order valence-electron chi connectivity index (χ2n) is 3.81. The van der Waals surface area contributed by atoms with Gasteiger partial charge in [-0.15, -0.1) is 11.3 Å². The predicted octanol–water partition coefficient (Wildman–Crippen LogP) is 2.84. The number of benzene rings is 1. The van der Waals surface area contributed by atoms with Gasteiger partial charge in [-0.05, 0) is 19.1 Å². The van der Waals surface area contributed by atoms with Crippen molar-refractivity contribution in [1.82, 2.24) is 4.98 Å². The van der Waals surface area contributed by atoms with Crippen molar-refractivity contribution >= 4 is 22.7 Å². The number of thiazole rings is 1. The molecule has 1 aromatic carbocycles. The Hall–Kier alpha value is -2.46. The highest BCUT2D eigenvalue weighted by Gasteiger charge is 2.14. The SMILES string of the molecule is Cc1nc(CNc2ccc(C#N)c([N+](=O)[O-])c2)cs1. The van der Waals surface area contributed by atoms with E-state index in [1.165, 1.54) is 12.1 Å². The zero-order chi connectivity index (χ0) is 13.8. The van der Waals surface area contributed by atoms with Crippen LogP contribution in [0.15, 0.2) is 23.6 Å². The standard InChI is InChI=1S/C12H10N4O2S/c1-8-15-11(7-19-8)6-14-10-3-2-9(5-13)12(4-10)16(17)18/h2-4,7,14H,6H2,1H3. The van der Waals surface area contributed by atoms with Gasteiger partial charge in [0.05, 0.1) is 22.2 Å². The highest BCUT2D eigenvalue weighted by atomic mass is 32.1. The van der Waals surface area contributed by atoms with Gasteiger partial charge in [-0.1, -0.05) is 0 Å². The molecule has 0 saturated carbocycles. The fraction of sp³-hybridized carbons (Fsp3) is 0.167. The lowest BCUT2D eigenvalue weighted by Crippen LogP contribution is -2.01. The fourth-order valence-electron chi connectivity index (χ4n) is 1.57. The van der Waals surface area contributed by atoms with E-state index in [2.05, 4.69) is 10.3 Å². The largest absolute Gasteiger partial charge is 0.379 e. The first kappa shape index (κ1) is 13.0. The third kappa shape index (κ3) is 3.05. The number of aromatic nitrogens is 1. The topological polar surface area (TPSA) is 91.8 Å². The van der Waals surface area contributed by atoms with E-state index in [4.69, 9.17) is 5.26 Å². The Labute approximate surface area is 113 Å². The highest BCUT2D eigenvalue weighted by Crippen LogP contribution is 2.23. The van der Waals surface area contributed by atoms with Crippen molar-refractivity contribution in [3.8, 4) is 6.07 Å². The van der Waals surface area contributed by atoms with Crippen molar-refractivity contribution < 1.29 is 4.92 Å². The van der Waals surface area contributed by atoms with Gasteiger partial charge < -0.3 is 5.32 Å². The Kier molecular flexibility index (Phi) is 3.73. The van der Waals surface area contributed by atoms with Gasteiger partial charge in [0.25, 0.3) is 5.69 Å². The molecule has 0 aliphatic heterocycles. The van der Waals surface area contributed by atoms with Crippen molar-refractivity contribution in [3.63, 3.8) is 0 Å². The summed E-state index contributed by atoms with van der Waals surface area (Å²) in [6.45, 7) is 2.41. The van der Waals surface area contributed by atoms with Gasteiger partial charge in [0.15, 0.2) is 0 Å². The van der Waals surface area contributed by atoms with Crippen molar-refractivity contribution in [2.75, 3.05) is 5.32 Å². The minimum atomic E-state index is -0.559. The summed E-state index contributed by atoms with van der Waals surface area (Å²) in [4.78, 5) is 14.6. The van der Waals surface area contributed by atoms with Gasteiger partial charge in [0.1, 0.15) is 11.6 Å². The third-order valence-electron chi connectivity index (χ3n) is 2.46. The predicted molar refractivity (Wildman–Crippen MR) is 72.0 cm³/mol. The summed E-state index contributed by atoms with van der Waals surface area (Å²) < 4.78 is 0. The number of nitrogens with one attached hydrogen (secondary N) is 1. The molecule has 0 radical (unpaired) electrons. The Morgan fingerprint density at radius 2 is 2.37 bits per heavy atom. The van der Waals surface area contributed by atoms with Gasteiger partial charge >= 0.3 is 0 Å². The van der Waals surface area contributed by atoms with Crippen LogP contribution >= 0.6 is 11.3 Å². The van der Waals surface area contributed by atoms with Crippen molar-refractivity contribution in [3.05, 3.63) is 50.0 Å². The summed E-state index contributed by atoms with van der Waals surface area (Å²) in [5.74, 6) is 0. The van der Waals surface area contributed by atoms with Gasteiger partial charge in [-0.2, -0.15) is 5.26 Å². The minimum absolute atomic E-state index is 0.0556. The number of rotatable bonds is 4. The summed E-state index contributed by atoms with van der Waals surface area (Å²) in [5, 5.41) is 25.6. The molecule has 1 heterocycles. The summed E-state index contributed by atoms with van der Waals surface area (Å²) in [5.41, 5.74) is 1.34. The Morgan fingerprint density at radius 1 is 1.58 bits per heavy atom. The van der Waals surface area contributed by atoms with E-state index < -0.39 is 4.92 Å². The van der Waals surface area contributed by atoms with Crippen LogP contribution in [0, 0.1) is 28.4 Å². The molecule has 7 heteroatoms. The summed E-state index contributed by atoms with van der Waals surface area (Å²) >= 11 is 1.55. The summed E-state index contributed by atoms with van der Waals surface area (Å²) in [7, 11) is 0. The van der Waals surface area contributed by atoms with Crippen LogP contribution in [0.5, 0.6) is 0 Å². The lowest BCUT2D eigenvalue weighted by molar-refractivity contribution is -0.385. The molecule has 0 bridgehead atoms. The molecule has 2 rings (SSSR count). The Balaban J connectivity index is 2.15. The smallest absolute Gasteiger partial charge is 0.289 e. The average molecular weight is 274 g/mol. The molecule has 0 saturated heterocycles. The zero-order valence-corrected chi connectivity index (χ0v) is 10.9. The number of nitro groups is 1. The normalized spacial score (nSPS) is 9.89. The molecule has 0 fully saturated rings. The molecular formula is C12H10N4O2S. The lowest BCUT2D eigenvalue weighted by Gasteiger charge is -2.04. The van der Waals surface area contributed by atoms with E-state index in [1.54, 1.807) is 23.5 Å². The molecule has 19 heavy (non-hydrogen) atoms. The van der Waals surface area contributed by atoms with Crippen LogP contribution < -0.4 is 5.32 Å². The number of aryl methyl sites for hydroxylation is 1. The molecule has 0 atom stereocenters. The lowest BCUT2D eigenvalue weighted by atomic mass is 10.2. The molecule has 0 amide bonds. The molecule has 1 N–H and O–H groups in total. The minimum Gasteiger partial charge on any atom is -0.379 e. The molecular weight excluding hydrogens is 264 g/mol. The maximum Gasteiger partial charge on any atom is 0.289 e. The van der Waals surface area contributed by atoms with Crippen LogP contribution in [0.1, 0.15) is 16.3 Å². The number of hydrogen-bond donors (Lipinski definition) is 1. The molecule has 0 aliphatic rings. The number of nitro benzene ring substituents is 1. The highest BCUT2D eigenvalue weighted by molar-refractivity contribution is 7.09. The van der Waals surface area contributed by atoms with E-state index >= 15 is 0 Å². The molecule has 0 spiro atoms. The molecule has 6 nitrogen and oxygen atoms in total. The number of anilines is 1. The van der Waals surface area contributed by atoms with Gasteiger partial charge in [0, 0.05) is 17.1 Å². The molecule has 2 aromatic rings. The van der Waals surface area contributed by atoms with E-state index in [0.717, 1.165) is 10.7 Å². The first-order chi connectivity index (χ1) is 9.10. The van der Waals surface area contributed by atoms with Crippen molar-refractivity contribution in [1.29, 1.82) is 5.26 Å². The fourth-order valence-corrected chi connectivity index (χ4v) is 2.18. The van der Waals surface area contributed by atoms with Crippen LogP contribution in [0.2, 0.25) is 0 Å². The van der Waals surface area contributed by atoms with Crippen LogP contribution in [-0.4, -0.2) is 9.91 Å². The number of nitriles is 1. The Morgan fingerprint density at radius 3 is 2.95 bits per heavy atom. The van der Waals surface area contributed by atoms with Crippen LogP contribution in [-0.2, 0) is 6.54 Å². The number of hydrogen-bond acceptors (Lipinski definition) is 6. The van der Waals surface area contributed by atoms with Crippen molar-refractivity contribution in [2.24, 2.45) is 0 Å². The monoisotopic (exact) mass is 274 g/mol. The molecule has 0 unspecified atom stereocenters. The van der Waals surface area contributed by atoms with Crippen LogP contribution in [0.25, 0.3) is 0 Å². The summed E-state index contributed by atoms with van der Waals surface area (Å²) in [6.07, 6.45) is 0. The first-order valence-corrected chi connectivity index (χ1v) is 6.31. The van der Waals surface area contributed by atoms with Crippen molar-refractivity contribution in [2.45, 2.75) is 13.5 Å². The maximum absolute atomic E-state index is 10.8. The second-order valence-corrected chi connectivity index (χ2v) is 4.87. The number of nitrogens with zero attached hydrogens (tertiary/aromatic N) is 3. The molecule has 1 aromatic heterocycles. The molecule has 96 valence electrons. The van der Waals surface area contributed by atoms with Gasteiger partial charge in [-0.25, -0.2) is 4.98 Å². The zero-order valence-electron chi connectivity index (χ0n) is 10.1.